The van der Waals surface area contributed by atoms with E-state index in [1.54, 1.807) is 6.92 Å². The predicted molar refractivity (Wildman–Crippen MR) is 101 cm³/mol. The van der Waals surface area contributed by atoms with Crippen molar-refractivity contribution in [2.75, 3.05) is 6.61 Å². The van der Waals surface area contributed by atoms with Gasteiger partial charge in [-0.2, -0.15) is 0 Å². The standard InChI is InChI=1S/C18H30N2O5Si/c1-12-10-20(17(23)19-16(12)22)15-9-13(21)14(25-15)11-24-26(18(2,3)4)7-5-6-8-26/h10,13-15,21H,5-9,11H2,1-4H3,(H,19,22,23)/t13?,14-,15-/m0/s1. The summed E-state index contributed by atoms with van der Waals surface area (Å²) in [7, 11) is -1.87. The van der Waals surface area contributed by atoms with Gasteiger partial charge in [-0.1, -0.05) is 33.6 Å². The third-order valence-electron chi connectivity index (χ3n) is 5.96. The van der Waals surface area contributed by atoms with Crippen LogP contribution in [0.2, 0.25) is 17.1 Å². The van der Waals surface area contributed by atoms with Crippen molar-refractivity contribution >= 4 is 8.32 Å². The second-order valence-electron chi connectivity index (χ2n) is 8.67. The van der Waals surface area contributed by atoms with Crippen molar-refractivity contribution in [3.8, 4) is 0 Å². The lowest BCUT2D eigenvalue weighted by molar-refractivity contribution is -0.0436. The summed E-state index contributed by atoms with van der Waals surface area (Å²) in [5, 5.41) is 10.6. The normalized spacial score (nSPS) is 28.6. The highest BCUT2D eigenvalue weighted by atomic mass is 28.4. The van der Waals surface area contributed by atoms with E-state index in [-0.39, 0.29) is 5.04 Å². The zero-order chi connectivity index (χ0) is 19.1. The highest BCUT2D eigenvalue weighted by Crippen LogP contribution is 2.48. The number of aliphatic hydroxyl groups excluding tert-OH is 1. The molecule has 2 saturated heterocycles. The van der Waals surface area contributed by atoms with Crippen LogP contribution in [-0.4, -0.2) is 41.8 Å². The van der Waals surface area contributed by atoms with Gasteiger partial charge in [0.1, 0.15) is 12.3 Å². The van der Waals surface area contributed by atoms with E-state index < -0.39 is 38.0 Å². The fraction of sp³-hybridized carbons (Fsp3) is 0.778. The van der Waals surface area contributed by atoms with Gasteiger partial charge in [0, 0.05) is 18.2 Å². The molecule has 1 aromatic rings. The van der Waals surface area contributed by atoms with Crippen LogP contribution in [0, 0.1) is 6.92 Å². The summed E-state index contributed by atoms with van der Waals surface area (Å²) in [6.07, 6.45) is 2.50. The van der Waals surface area contributed by atoms with Crippen LogP contribution in [0.1, 0.15) is 51.8 Å². The Morgan fingerprint density at radius 2 is 2.00 bits per heavy atom. The Morgan fingerprint density at radius 3 is 2.62 bits per heavy atom. The number of hydrogen-bond donors (Lipinski definition) is 2. The molecule has 3 rings (SSSR count). The van der Waals surface area contributed by atoms with E-state index in [4.69, 9.17) is 9.16 Å². The van der Waals surface area contributed by atoms with E-state index in [1.807, 2.05) is 0 Å². The van der Waals surface area contributed by atoms with Crippen molar-refractivity contribution in [2.24, 2.45) is 0 Å². The highest BCUT2D eigenvalue weighted by molar-refractivity contribution is 6.77. The first-order valence-electron chi connectivity index (χ1n) is 9.42. The van der Waals surface area contributed by atoms with Crippen molar-refractivity contribution in [2.45, 2.75) is 82.5 Å². The van der Waals surface area contributed by atoms with Crippen LogP contribution in [0.15, 0.2) is 15.8 Å². The Labute approximate surface area is 154 Å². The molecule has 2 aliphatic heterocycles. The average Bonchev–Trinajstić information content (AvgIpc) is 3.16. The molecule has 0 aliphatic carbocycles. The number of nitrogens with zero attached hydrogens (tertiary/aromatic N) is 1. The van der Waals surface area contributed by atoms with Crippen LogP contribution >= 0.6 is 0 Å². The third-order valence-corrected chi connectivity index (χ3v) is 11.7. The van der Waals surface area contributed by atoms with E-state index >= 15 is 0 Å². The van der Waals surface area contributed by atoms with Crippen LogP contribution in [0.5, 0.6) is 0 Å². The number of aryl methyl sites for hydroxylation is 1. The number of aliphatic hydroxyl groups is 1. The van der Waals surface area contributed by atoms with E-state index in [1.165, 1.54) is 23.6 Å². The topological polar surface area (TPSA) is 93.6 Å². The number of aromatic amines is 1. The molecule has 26 heavy (non-hydrogen) atoms. The summed E-state index contributed by atoms with van der Waals surface area (Å²) in [5.74, 6) is 0. The predicted octanol–water partition coefficient (Wildman–Crippen LogP) is 2.05. The minimum Gasteiger partial charge on any atom is -0.414 e. The van der Waals surface area contributed by atoms with Gasteiger partial charge in [0.25, 0.3) is 5.56 Å². The van der Waals surface area contributed by atoms with Crippen molar-refractivity contribution < 1.29 is 14.3 Å². The molecule has 3 atom stereocenters. The lowest BCUT2D eigenvalue weighted by Crippen LogP contribution is -2.46. The van der Waals surface area contributed by atoms with Crippen LogP contribution in [0.4, 0.5) is 0 Å². The largest absolute Gasteiger partial charge is 0.414 e. The van der Waals surface area contributed by atoms with Gasteiger partial charge in [-0.05, 0) is 24.1 Å². The van der Waals surface area contributed by atoms with E-state index in [0.717, 1.165) is 12.1 Å². The Kier molecular flexibility index (Phi) is 5.31. The summed E-state index contributed by atoms with van der Waals surface area (Å²) in [6, 6.07) is 2.31. The Morgan fingerprint density at radius 1 is 1.35 bits per heavy atom. The summed E-state index contributed by atoms with van der Waals surface area (Å²) >= 11 is 0. The molecular weight excluding hydrogens is 352 g/mol. The van der Waals surface area contributed by atoms with Gasteiger partial charge in [0.2, 0.25) is 0 Å². The van der Waals surface area contributed by atoms with Crippen molar-refractivity contribution in [1.82, 2.24) is 9.55 Å². The number of ether oxygens (including phenoxy) is 1. The molecule has 146 valence electrons. The monoisotopic (exact) mass is 382 g/mol. The van der Waals surface area contributed by atoms with Gasteiger partial charge in [-0.3, -0.25) is 14.3 Å². The molecule has 0 aromatic carbocycles. The maximum absolute atomic E-state index is 12.1. The van der Waals surface area contributed by atoms with Gasteiger partial charge in [-0.25, -0.2) is 4.79 Å². The molecule has 1 unspecified atom stereocenters. The third kappa shape index (κ3) is 3.60. The molecule has 7 nitrogen and oxygen atoms in total. The first kappa shape index (κ1) is 19.5. The minimum atomic E-state index is -1.87. The van der Waals surface area contributed by atoms with Crippen LogP contribution in [-0.2, 0) is 9.16 Å². The molecule has 2 N–H and O–H groups in total. The highest BCUT2D eigenvalue weighted by Gasteiger charge is 2.49. The maximum atomic E-state index is 12.1. The second-order valence-corrected chi connectivity index (χ2v) is 13.5. The van der Waals surface area contributed by atoms with Crippen LogP contribution < -0.4 is 11.2 Å². The molecule has 3 heterocycles. The number of hydrogen-bond acceptors (Lipinski definition) is 5. The minimum absolute atomic E-state index is 0.152. The summed E-state index contributed by atoms with van der Waals surface area (Å²) < 4.78 is 13.8. The molecular formula is C18H30N2O5Si. The number of H-pyrrole nitrogens is 1. The second kappa shape index (κ2) is 7.07. The maximum Gasteiger partial charge on any atom is 0.330 e. The van der Waals surface area contributed by atoms with Crippen LogP contribution in [0.25, 0.3) is 0 Å². The van der Waals surface area contributed by atoms with Gasteiger partial charge in [0.15, 0.2) is 8.32 Å². The van der Waals surface area contributed by atoms with Crippen molar-refractivity contribution in [3.63, 3.8) is 0 Å². The number of rotatable bonds is 4. The smallest absolute Gasteiger partial charge is 0.330 e. The Bertz CT molecular complexity index is 760. The molecule has 0 saturated carbocycles. The molecule has 2 aliphatic rings. The van der Waals surface area contributed by atoms with Crippen molar-refractivity contribution in [1.29, 1.82) is 0 Å². The lowest BCUT2D eigenvalue weighted by atomic mass is 10.2. The molecule has 8 heteroatoms. The molecule has 1 aromatic heterocycles. The van der Waals surface area contributed by atoms with Gasteiger partial charge in [-0.15, -0.1) is 0 Å². The summed E-state index contributed by atoms with van der Waals surface area (Å²) in [5.41, 5.74) is -0.479. The lowest BCUT2D eigenvalue weighted by Gasteiger charge is -2.40. The summed E-state index contributed by atoms with van der Waals surface area (Å²) in [6.45, 7) is 8.75. The molecule has 2 fully saturated rings. The molecule has 0 spiro atoms. The van der Waals surface area contributed by atoms with E-state index in [0.29, 0.717) is 18.6 Å². The fourth-order valence-electron chi connectivity index (χ4n) is 4.13. The average molecular weight is 383 g/mol. The molecule has 0 bridgehead atoms. The van der Waals surface area contributed by atoms with Gasteiger partial charge >= 0.3 is 5.69 Å². The zero-order valence-corrected chi connectivity index (χ0v) is 17.1. The van der Waals surface area contributed by atoms with E-state index in [2.05, 4.69) is 25.8 Å². The first-order valence-corrected chi connectivity index (χ1v) is 11.7. The summed E-state index contributed by atoms with van der Waals surface area (Å²) in [4.78, 5) is 25.9. The fourth-order valence-corrected chi connectivity index (χ4v) is 8.73. The van der Waals surface area contributed by atoms with E-state index in [9.17, 15) is 14.7 Å². The molecule has 0 amide bonds. The van der Waals surface area contributed by atoms with Gasteiger partial charge in [0.05, 0.1) is 12.7 Å². The molecule has 0 radical (unpaired) electrons. The quantitative estimate of drug-likeness (QED) is 0.778. The number of aromatic nitrogens is 2. The first-order chi connectivity index (χ1) is 12.1. The number of nitrogens with one attached hydrogen (secondary N) is 1. The SMILES string of the molecule is Cc1cn([C@@H]2CC(O)[C@H](CO[Si]3(C(C)(C)C)CCCC3)O2)c(=O)[nH]c1=O. The van der Waals surface area contributed by atoms with Crippen molar-refractivity contribution in [3.05, 3.63) is 32.6 Å². The Hall–Kier alpha value is -1.22. The van der Waals surface area contributed by atoms with Crippen LogP contribution in [0.3, 0.4) is 0 Å². The zero-order valence-electron chi connectivity index (χ0n) is 16.1. The van der Waals surface area contributed by atoms with Gasteiger partial charge < -0.3 is 14.3 Å². The Balaban J connectivity index is 1.71.